The van der Waals surface area contributed by atoms with E-state index >= 15 is 0 Å². The largest absolute Gasteiger partial charge is 0.255 e. The number of nitrogens with zero attached hydrogens (tertiary/aromatic N) is 2. The number of rotatable bonds is 0. The van der Waals surface area contributed by atoms with Gasteiger partial charge in [-0.1, -0.05) is 13.8 Å². The highest BCUT2D eigenvalue weighted by atomic mass is 14.8. The molecule has 0 saturated heterocycles. The molecule has 0 radical (unpaired) electrons. The van der Waals surface area contributed by atoms with Crippen LogP contribution in [0.3, 0.4) is 0 Å². The van der Waals surface area contributed by atoms with Crippen molar-refractivity contribution in [3.63, 3.8) is 0 Å². The Hall–Kier alpha value is -0.920. The predicted octanol–water partition coefficient (Wildman–Crippen LogP) is 2.74. The molecule has 1 aromatic rings. The van der Waals surface area contributed by atoms with Gasteiger partial charge < -0.3 is 0 Å². The van der Waals surface area contributed by atoms with Gasteiger partial charge in [-0.05, 0) is 27.7 Å². The fraction of sp³-hybridized carbons (Fsp3) is 0.600. The minimum absolute atomic E-state index is 1.03. The van der Waals surface area contributed by atoms with Crippen molar-refractivity contribution in [3.05, 3.63) is 22.8 Å². The predicted molar refractivity (Wildman–Crippen MR) is 52.3 cm³/mol. The highest BCUT2D eigenvalue weighted by molar-refractivity contribution is 5.16. The SMILES string of the molecule is CC.Cc1nc(C)c(C)nc1C. The molecule has 0 aliphatic rings. The summed E-state index contributed by atoms with van der Waals surface area (Å²) in [6.07, 6.45) is 0. The first-order chi connectivity index (χ1) is 5.61. The quantitative estimate of drug-likeness (QED) is 0.592. The summed E-state index contributed by atoms with van der Waals surface area (Å²) in [6.45, 7) is 11.9. The first kappa shape index (κ1) is 11.1. The molecule has 1 aromatic heterocycles. The average molecular weight is 166 g/mol. The van der Waals surface area contributed by atoms with Crippen molar-refractivity contribution >= 4 is 0 Å². The topological polar surface area (TPSA) is 25.8 Å². The van der Waals surface area contributed by atoms with Crippen LogP contribution in [0, 0.1) is 27.7 Å². The van der Waals surface area contributed by atoms with Crippen molar-refractivity contribution in [1.82, 2.24) is 9.97 Å². The normalized spacial score (nSPS) is 8.83. The summed E-state index contributed by atoms with van der Waals surface area (Å²) in [4.78, 5) is 8.62. The van der Waals surface area contributed by atoms with E-state index < -0.39 is 0 Å². The van der Waals surface area contributed by atoms with E-state index in [9.17, 15) is 0 Å². The van der Waals surface area contributed by atoms with Crippen LogP contribution < -0.4 is 0 Å². The van der Waals surface area contributed by atoms with E-state index in [2.05, 4.69) is 9.97 Å². The molecule has 0 aromatic carbocycles. The lowest BCUT2D eigenvalue weighted by Gasteiger charge is -2.01. The summed E-state index contributed by atoms with van der Waals surface area (Å²) in [6, 6.07) is 0. The van der Waals surface area contributed by atoms with Crippen LogP contribution in [0.5, 0.6) is 0 Å². The van der Waals surface area contributed by atoms with Crippen LogP contribution in [-0.4, -0.2) is 9.97 Å². The van der Waals surface area contributed by atoms with Crippen LogP contribution in [0.2, 0.25) is 0 Å². The molecule has 0 fully saturated rings. The second-order valence-electron chi connectivity index (χ2n) is 2.57. The van der Waals surface area contributed by atoms with Crippen LogP contribution in [0.4, 0.5) is 0 Å². The third-order valence-corrected chi connectivity index (χ3v) is 1.72. The van der Waals surface area contributed by atoms with Gasteiger partial charge in [0, 0.05) is 0 Å². The zero-order valence-corrected chi connectivity index (χ0v) is 8.89. The molecule has 2 heteroatoms. The van der Waals surface area contributed by atoms with Gasteiger partial charge in [-0.2, -0.15) is 0 Å². The van der Waals surface area contributed by atoms with Gasteiger partial charge in [0.05, 0.1) is 22.8 Å². The monoisotopic (exact) mass is 166 g/mol. The molecular formula is C10H18N2. The zero-order chi connectivity index (χ0) is 9.72. The van der Waals surface area contributed by atoms with Gasteiger partial charge in [0.1, 0.15) is 0 Å². The van der Waals surface area contributed by atoms with Crippen LogP contribution in [0.1, 0.15) is 36.6 Å². The Morgan fingerprint density at radius 1 is 0.583 bits per heavy atom. The molecule has 2 nitrogen and oxygen atoms in total. The lowest BCUT2D eigenvalue weighted by molar-refractivity contribution is 0.959. The van der Waals surface area contributed by atoms with Crippen LogP contribution >= 0.6 is 0 Å². The minimum Gasteiger partial charge on any atom is -0.255 e. The Bertz CT molecular complexity index is 204. The fourth-order valence-corrected chi connectivity index (χ4v) is 0.827. The third-order valence-electron chi connectivity index (χ3n) is 1.72. The van der Waals surface area contributed by atoms with E-state index in [0.717, 1.165) is 22.8 Å². The number of aromatic nitrogens is 2. The molecule has 68 valence electrons. The lowest BCUT2D eigenvalue weighted by Crippen LogP contribution is -1.97. The minimum atomic E-state index is 1.03. The highest BCUT2D eigenvalue weighted by Crippen LogP contribution is 2.04. The summed E-state index contributed by atoms with van der Waals surface area (Å²) >= 11 is 0. The molecule has 0 bridgehead atoms. The first-order valence-electron chi connectivity index (χ1n) is 4.39. The summed E-state index contributed by atoms with van der Waals surface area (Å²) in [7, 11) is 0. The lowest BCUT2D eigenvalue weighted by atomic mass is 10.3. The summed E-state index contributed by atoms with van der Waals surface area (Å²) in [5, 5.41) is 0. The summed E-state index contributed by atoms with van der Waals surface area (Å²) < 4.78 is 0. The molecule has 0 atom stereocenters. The Balaban J connectivity index is 0.000000561. The maximum Gasteiger partial charge on any atom is 0.0588 e. The van der Waals surface area contributed by atoms with E-state index in [4.69, 9.17) is 0 Å². The van der Waals surface area contributed by atoms with Gasteiger partial charge in [-0.25, -0.2) is 0 Å². The van der Waals surface area contributed by atoms with Gasteiger partial charge >= 0.3 is 0 Å². The molecule has 0 aliphatic heterocycles. The maximum absolute atomic E-state index is 4.31. The van der Waals surface area contributed by atoms with E-state index in [0.29, 0.717) is 0 Å². The molecule has 0 amide bonds. The third kappa shape index (κ3) is 2.61. The Morgan fingerprint density at radius 2 is 0.750 bits per heavy atom. The molecule has 0 N–H and O–H groups in total. The smallest absolute Gasteiger partial charge is 0.0588 e. The molecule has 0 unspecified atom stereocenters. The molecular weight excluding hydrogens is 148 g/mol. The van der Waals surface area contributed by atoms with Crippen LogP contribution in [-0.2, 0) is 0 Å². The Morgan fingerprint density at radius 3 is 0.917 bits per heavy atom. The number of aryl methyl sites for hydroxylation is 4. The van der Waals surface area contributed by atoms with Crippen LogP contribution in [0.15, 0.2) is 0 Å². The highest BCUT2D eigenvalue weighted by Gasteiger charge is 1.98. The molecule has 12 heavy (non-hydrogen) atoms. The van der Waals surface area contributed by atoms with Gasteiger partial charge in [-0.3, -0.25) is 9.97 Å². The molecule has 0 aliphatic carbocycles. The molecule has 1 rings (SSSR count). The average Bonchev–Trinajstić information content (AvgIpc) is 2.05. The van der Waals surface area contributed by atoms with Gasteiger partial charge in [0.25, 0.3) is 0 Å². The first-order valence-corrected chi connectivity index (χ1v) is 4.39. The zero-order valence-electron chi connectivity index (χ0n) is 8.89. The standard InChI is InChI=1S/C8H12N2.C2H6/c1-5-6(2)10-8(4)7(3)9-5;1-2/h1-4H3;1-2H3. The van der Waals surface area contributed by atoms with Crippen molar-refractivity contribution in [2.24, 2.45) is 0 Å². The van der Waals surface area contributed by atoms with Gasteiger partial charge in [0.15, 0.2) is 0 Å². The summed E-state index contributed by atoms with van der Waals surface area (Å²) in [5.41, 5.74) is 4.12. The van der Waals surface area contributed by atoms with Crippen molar-refractivity contribution in [2.45, 2.75) is 41.5 Å². The van der Waals surface area contributed by atoms with Crippen molar-refractivity contribution < 1.29 is 0 Å². The van der Waals surface area contributed by atoms with Crippen LogP contribution in [0.25, 0.3) is 0 Å². The van der Waals surface area contributed by atoms with E-state index in [1.54, 1.807) is 0 Å². The van der Waals surface area contributed by atoms with Gasteiger partial charge in [-0.15, -0.1) is 0 Å². The van der Waals surface area contributed by atoms with Crippen molar-refractivity contribution in [3.8, 4) is 0 Å². The van der Waals surface area contributed by atoms with Crippen molar-refractivity contribution in [2.75, 3.05) is 0 Å². The van der Waals surface area contributed by atoms with Crippen molar-refractivity contribution in [1.29, 1.82) is 0 Å². The fourth-order valence-electron chi connectivity index (χ4n) is 0.827. The molecule has 1 heterocycles. The van der Waals surface area contributed by atoms with Gasteiger partial charge in [0.2, 0.25) is 0 Å². The van der Waals surface area contributed by atoms with E-state index in [1.165, 1.54) is 0 Å². The molecule has 0 saturated carbocycles. The number of hydrogen-bond acceptors (Lipinski definition) is 2. The second kappa shape index (κ2) is 4.86. The van der Waals surface area contributed by atoms with E-state index in [1.807, 2.05) is 41.5 Å². The molecule has 0 spiro atoms. The van der Waals surface area contributed by atoms with E-state index in [-0.39, 0.29) is 0 Å². The Kier molecular flexibility index (Phi) is 4.49. The maximum atomic E-state index is 4.31. The second-order valence-corrected chi connectivity index (χ2v) is 2.57. The number of hydrogen-bond donors (Lipinski definition) is 0. The Labute approximate surface area is 75.1 Å². The summed E-state index contributed by atoms with van der Waals surface area (Å²) in [5.74, 6) is 0.